The minimum absolute atomic E-state index is 0.0397. The summed E-state index contributed by atoms with van der Waals surface area (Å²) in [7, 11) is -4.16. The lowest BCUT2D eigenvalue weighted by Gasteiger charge is -2.08. The average Bonchev–Trinajstić information content (AvgIpc) is 2.47. The molecule has 2 rings (SSSR count). The van der Waals surface area contributed by atoms with Crippen LogP contribution in [-0.4, -0.2) is 13.4 Å². The molecule has 0 saturated carbocycles. The summed E-state index contributed by atoms with van der Waals surface area (Å²) in [5.41, 5.74) is -0.305. The first-order chi connectivity index (χ1) is 9.97. The van der Waals surface area contributed by atoms with Gasteiger partial charge in [0.2, 0.25) is 0 Å². The van der Waals surface area contributed by atoms with Gasteiger partial charge in [0, 0.05) is 6.20 Å². The maximum Gasteiger partial charge on any atom is 0.264 e. The highest BCUT2D eigenvalue weighted by Gasteiger charge is 2.21. The molecule has 0 aliphatic heterocycles. The second-order valence-electron chi connectivity index (χ2n) is 3.87. The Hall–Kier alpha value is -2.97. The van der Waals surface area contributed by atoms with E-state index < -0.39 is 26.3 Å². The van der Waals surface area contributed by atoms with Gasteiger partial charge >= 0.3 is 0 Å². The van der Waals surface area contributed by atoms with Gasteiger partial charge in [0.1, 0.15) is 34.2 Å². The van der Waals surface area contributed by atoms with E-state index in [9.17, 15) is 12.8 Å². The summed E-state index contributed by atoms with van der Waals surface area (Å²) in [5.74, 6) is -0.963. The number of rotatable bonds is 3. The Morgan fingerprint density at radius 3 is 2.48 bits per heavy atom. The lowest BCUT2D eigenvalue weighted by atomic mass is 10.2. The predicted octanol–water partition coefficient (Wildman–Crippen LogP) is 1.76. The maximum atomic E-state index is 13.5. The molecule has 0 saturated heterocycles. The highest BCUT2D eigenvalue weighted by atomic mass is 32.2. The van der Waals surface area contributed by atoms with Crippen molar-refractivity contribution in [2.45, 2.75) is 4.90 Å². The SMILES string of the molecule is N#Cc1ccc(NS(=O)(=O)c2cccc(F)c2C#N)nc1. The molecule has 0 unspecified atom stereocenters. The first-order valence-electron chi connectivity index (χ1n) is 5.55. The first-order valence-corrected chi connectivity index (χ1v) is 7.04. The molecular formula is C13H7FN4O2S. The summed E-state index contributed by atoms with van der Waals surface area (Å²) in [6.45, 7) is 0. The zero-order chi connectivity index (χ0) is 15.5. The van der Waals surface area contributed by atoms with E-state index in [0.717, 1.165) is 12.1 Å². The van der Waals surface area contributed by atoms with Crippen molar-refractivity contribution in [3.8, 4) is 12.1 Å². The zero-order valence-electron chi connectivity index (χ0n) is 10.4. The van der Waals surface area contributed by atoms with Crippen LogP contribution in [0.5, 0.6) is 0 Å². The van der Waals surface area contributed by atoms with Gasteiger partial charge in [-0.1, -0.05) is 6.07 Å². The number of hydrogen-bond acceptors (Lipinski definition) is 5. The maximum absolute atomic E-state index is 13.5. The number of hydrogen-bond donors (Lipinski definition) is 1. The lowest BCUT2D eigenvalue weighted by Crippen LogP contribution is -2.15. The topological polar surface area (TPSA) is 107 Å². The normalized spacial score (nSPS) is 10.4. The van der Waals surface area contributed by atoms with Gasteiger partial charge < -0.3 is 0 Å². The van der Waals surface area contributed by atoms with E-state index in [1.54, 1.807) is 0 Å². The highest BCUT2D eigenvalue weighted by molar-refractivity contribution is 7.92. The minimum atomic E-state index is -4.16. The Balaban J connectivity index is 2.42. The molecule has 0 fully saturated rings. The van der Waals surface area contributed by atoms with Gasteiger partial charge in [-0.15, -0.1) is 0 Å². The molecule has 0 aliphatic carbocycles. The Bertz CT molecular complexity index is 865. The third kappa shape index (κ3) is 2.96. The molecule has 0 atom stereocenters. The molecule has 1 heterocycles. The van der Waals surface area contributed by atoms with Crippen LogP contribution in [0.4, 0.5) is 10.2 Å². The molecule has 0 aliphatic rings. The smallest absolute Gasteiger partial charge is 0.263 e. The zero-order valence-corrected chi connectivity index (χ0v) is 11.2. The Labute approximate surface area is 120 Å². The van der Waals surface area contributed by atoms with Crippen molar-refractivity contribution in [3.63, 3.8) is 0 Å². The van der Waals surface area contributed by atoms with Gasteiger partial charge in [0.05, 0.1) is 5.56 Å². The van der Waals surface area contributed by atoms with E-state index in [1.165, 1.54) is 30.5 Å². The van der Waals surface area contributed by atoms with Gasteiger partial charge in [-0.2, -0.15) is 10.5 Å². The third-order valence-corrected chi connectivity index (χ3v) is 3.91. The number of pyridine rings is 1. The summed E-state index contributed by atoms with van der Waals surface area (Å²) in [6, 6.07) is 9.34. The summed E-state index contributed by atoms with van der Waals surface area (Å²) >= 11 is 0. The van der Waals surface area contributed by atoms with E-state index in [2.05, 4.69) is 9.71 Å². The number of benzene rings is 1. The third-order valence-electron chi connectivity index (χ3n) is 2.51. The van der Waals surface area contributed by atoms with Crippen molar-refractivity contribution in [1.29, 1.82) is 10.5 Å². The van der Waals surface area contributed by atoms with E-state index in [4.69, 9.17) is 10.5 Å². The fraction of sp³-hybridized carbons (Fsp3) is 0. The number of nitrogens with one attached hydrogen (secondary N) is 1. The largest absolute Gasteiger partial charge is 0.264 e. The standard InChI is InChI=1S/C13H7FN4O2S/c14-11-2-1-3-12(10(11)7-16)21(19,20)18-13-5-4-9(6-15)8-17-13/h1-5,8H,(H,17,18). The van der Waals surface area contributed by atoms with Crippen LogP contribution >= 0.6 is 0 Å². The Morgan fingerprint density at radius 2 is 1.90 bits per heavy atom. The first kappa shape index (κ1) is 14.4. The van der Waals surface area contributed by atoms with Crippen molar-refractivity contribution >= 4 is 15.8 Å². The summed E-state index contributed by atoms with van der Waals surface area (Å²) in [5, 5.41) is 17.5. The molecular weight excluding hydrogens is 295 g/mol. The van der Waals surface area contributed by atoms with Crippen LogP contribution in [0.15, 0.2) is 41.4 Å². The fourth-order valence-electron chi connectivity index (χ4n) is 1.55. The monoisotopic (exact) mass is 302 g/mol. The van der Waals surface area contributed by atoms with Crippen LogP contribution in [0.25, 0.3) is 0 Å². The van der Waals surface area contributed by atoms with E-state index >= 15 is 0 Å². The summed E-state index contributed by atoms with van der Waals surface area (Å²) in [4.78, 5) is 3.27. The van der Waals surface area contributed by atoms with Gasteiger partial charge in [-0.3, -0.25) is 4.72 Å². The predicted molar refractivity (Wildman–Crippen MR) is 70.9 cm³/mol. The molecule has 0 spiro atoms. The molecule has 1 aromatic carbocycles. The van der Waals surface area contributed by atoms with E-state index in [-0.39, 0.29) is 11.4 Å². The van der Waals surface area contributed by atoms with Crippen LogP contribution in [0.2, 0.25) is 0 Å². The van der Waals surface area contributed by atoms with Gasteiger partial charge in [0.15, 0.2) is 0 Å². The Kier molecular flexibility index (Phi) is 3.83. The number of sulfonamides is 1. The molecule has 0 amide bonds. The van der Waals surface area contributed by atoms with Gasteiger partial charge in [-0.05, 0) is 24.3 Å². The summed E-state index contributed by atoms with van der Waals surface area (Å²) < 4.78 is 39.9. The van der Waals surface area contributed by atoms with Crippen LogP contribution in [0.3, 0.4) is 0 Å². The van der Waals surface area contributed by atoms with Gasteiger partial charge in [-0.25, -0.2) is 17.8 Å². The van der Waals surface area contributed by atoms with E-state index in [1.807, 2.05) is 6.07 Å². The molecule has 0 radical (unpaired) electrons. The van der Waals surface area contributed by atoms with Crippen LogP contribution in [0.1, 0.15) is 11.1 Å². The van der Waals surface area contributed by atoms with Crippen LogP contribution < -0.4 is 4.72 Å². The molecule has 1 N–H and O–H groups in total. The molecule has 8 heteroatoms. The molecule has 104 valence electrons. The molecule has 21 heavy (non-hydrogen) atoms. The quantitative estimate of drug-likeness (QED) is 0.929. The number of anilines is 1. The second-order valence-corrected chi connectivity index (χ2v) is 5.53. The van der Waals surface area contributed by atoms with Crippen molar-refractivity contribution in [3.05, 3.63) is 53.5 Å². The molecule has 1 aromatic heterocycles. The fourth-order valence-corrected chi connectivity index (χ4v) is 2.73. The average molecular weight is 302 g/mol. The van der Waals surface area contributed by atoms with E-state index in [0.29, 0.717) is 0 Å². The van der Waals surface area contributed by atoms with Crippen LogP contribution in [-0.2, 0) is 10.0 Å². The van der Waals surface area contributed by atoms with Crippen molar-refractivity contribution in [2.24, 2.45) is 0 Å². The number of halogens is 1. The highest BCUT2D eigenvalue weighted by Crippen LogP contribution is 2.20. The lowest BCUT2D eigenvalue weighted by molar-refractivity contribution is 0.593. The van der Waals surface area contributed by atoms with Crippen molar-refractivity contribution in [1.82, 2.24) is 4.98 Å². The molecule has 2 aromatic rings. The molecule has 6 nitrogen and oxygen atoms in total. The van der Waals surface area contributed by atoms with Gasteiger partial charge in [0.25, 0.3) is 10.0 Å². The van der Waals surface area contributed by atoms with Crippen molar-refractivity contribution in [2.75, 3.05) is 4.72 Å². The van der Waals surface area contributed by atoms with Crippen LogP contribution in [0, 0.1) is 28.5 Å². The number of nitrogens with zero attached hydrogens (tertiary/aromatic N) is 3. The van der Waals surface area contributed by atoms with Crippen molar-refractivity contribution < 1.29 is 12.8 Å². The molecule has 0 bridgehead atoms. The number of nitriles is 2. The second kappa shape index (κ2) is 5.57. The summed E-state index contributed by atoms with van der Waals surface area (Å²) in [6.07, 6.45) is 1.19. The number of aromatic nitrogens is 1. The minimum Gasteiger partial charge on any atom is -0.263 e. The Morgan fingerprint density at radius 1 is 1.14 bits per heavy atom.